The van der Waals surface area contributed by atoms with Gasteiger partial charge >= 0.3 is 5.97 Å². The van der Waals surface area contributed by atoms with Gasteiger partial charge in [-0.25, -0.2) is 5.11 Å². The molecule has 0 aromatic rings. The van der Waals surface area contributed by atoms with Crippen molar-refractivity contribution in [2.75, 3.05) is 13.2 Å². The highest BCUT2D eigenvalue weighted by atomic mass is 16.5. The smallest absolute Gasteiger partial charge is 0.305 e. The average Bonchev–Trinajstić information content (AvgIpc) is 2.72. The van der Waals surface area contributed by atoms with Gasteiger partial charge in [-0.1, -0.05) is 89.0 Å². The maximum Gasteiger partial charge on any atom is 0.305 e. The van der Waals surface area contributed by atoms with Crippen molar-refractivity contribution in [3.8, 4) is 0 Å². The second-order valence-corrected chi connectivity index (χ2v) is 8.03. The van der Waals surface area contributed by atoms with Gasteiger partial charge in [-0.05, 0) is 51.4 Å². The molecule has 0 aliphatic rings. The summed E-state index contributed by atoms with van der Waals surface area (Å²) in [4.78, 5) is 11.7. The van der Waals surface area contributed by atoms with Gasteiger partial charge in [0, 0.05) is 6.42 Å². The summed E-state index contributed by atoms with van der Waals surface area (Å²) in [5.74, 6) is -0.0139. The highest BCUT2D eigenvalue weighted by Crippen LogP contribution is 2.09. The van der Waals surface area contributed by atoms with Crippen LogP contribution in [0.3, 0.4) is 0 Å². The van der Waals surface area contributed by atoms with Crippen molar-refractivity contribution in [1.29, 1.82) is 0 Å². The first-order valence-electron chi connectivity index (χ1n) is 12.3. The summed E-state index contributed by atoms with van der Waals surface area (Å²) in [6.45, 7) is 2.90. The van der Waals surface area contributed by atoms with Gasteiger partial charge in [-0.15, -0.1) is 0 Å². The molecule has 0 aromatic heterocycles. The Balaban J connectivity index is 3.25. The molecule has 0 aromatic carbocycles. The number of hydrogen-bond acceptors (Lipinski definition) is 2. The van der Waals surface area contributed by atoms with Crippen LogP contribution in [-0.2, 0) is 14.6 Å². The first kappa shape index (κ1) is 27.9. The van der Waals surface area contributed by atoms with Gasteiger partial charge in [-0.2, -0.15) is 0 Å². The summed E-state index contributed by atoms with van der Waals surface area (Å²) < 4.78 is 5.31. The second kappa shape index (κ2) is 24.9. The van der Waals surface area contributed by atoms with Gasteiger partial charge in [-0.3, -0.25) is 4.79 Å². The molecule has 0 aliphatic carbocycles. The summed E-state index contributed by atoms with van der Waals surface area (Å²) in [6, 6.07) is 0. The predicted octanol–water partition coefficient (Wildman–Crippen LogP) is 8.11. The van der Waals surface area contributed by atoms with Crippen molar-refractivity contribution in [3.63, 3.8) is 0 Å². The Bertz CT molecular complexity index is 387. The minimum Gasteiger partial charge on any atom is -0.466 e. The number of unbranched alkanes of at least 4 members (excludes halogenated alkanes) is 13. The lowest BCUT2D eigenvalue weighted by molar-refractivity contribution is -0.143. The third-order valence-corrected chi connectivity index (χ3v) is 5.13. The van der Waals surface area contributed by atoms with Crippen molar-refractivity contribution in [3.05, 3.63) is 24.3 Å². The number of hydrogen-bond donors (Lipinski definition) is 0. The van der Waals surface area contributed by atoms with E-state index in [0.29, 0.717) is 13.0 Å². The maximum absolute atomic E-state index is 11.7. The Hall–Kier alpha value is -1.09. The van der Waals surface area contributed by atoms with Crippen LogP contribution in [0.2, 0.25) is 0 Å². The molecule has 0 saturated carbocycles. The van der Waals surface area contributed by atoms with E-state index >= 15 is 0 Å². The van der Waals surface area contributed by atoms with Crippen LogP contribution in [0, 0.1) is 0 Å². The van der Waals surface area contributed by atoms with E-state index < -0.39 is 0 Å². The molecular formula is C26H47O3. The predicted molar refractivity (Wildman–Crippen MR) is 124 cm³/mol. The summed E-state index contributed by atoms with van der Waals surface area (Å²) in [5, 5.41) is 10.3. The van der Waals surface area contributed by atoms with Crippen LogP contribution in [0.25, 0.3) is 0 Å². The van der Waals surface area contributed by atoms with E-state index in [0.717, 1.165) is 57.8 Å². The third kappa shape index (κ3) is 24.9. The first-order valence-corrected chi connectivity index (χ1v) is 12.3. The van der Waals surface area contributed by atoms with Crippen LogP contribution >= 0.6 is 0 Å². The Morgan fingerprint density at radius 2 is 1.21 bits per heavy atom. The second-order valence-electron chi connectivity index (χ2n) is 8.03. The Kier molecular flexibility index (Phi) is 24.0. The zero-order chi connectivity index (χ0) is 21.3. The summed E-state index contributed by atoms with van der Waals surface area (Å²) in [7, 11) is 0. The summed E-state index contributed by atoms with van der Waals surface area (Å²) >= 11 is 0. The monoisotopic (exact) mass is 407 g/mol. The number of ether oxygens (including phenoxy) is 1. The molecule has 0 fully saturated rings. The Morgan fingerprint density at radius 3 is 1.86 bits per heavy atom. The summed E-state index contributed by atoms with van der Waals surface area (Å²) in [6.07, 6.45) is 29.0. The van der Waals surface area contributed by atoms with E-state index in [1.165, 1.54) is 51.4 Å². The minimum absolute atomic E-state index is 0.0139. The number of carbonyl (C=O) groups is 1. The lowest BCUT2D eigenvalue weighted by Gasteiger charge is -2.05. The normalized spacial score (nSPS) is 11.7. The van der Waals surface area contributed by atoms with Crippen molar-refractivity contribution < 1.29 is 14.6 Å². The standard InChI is InChI=1S/C26H47O3/c1-2-3-4-5-19-22-25-29-26(28)23-20-17-15-13-11-9-7-6-8-10-12-14-16-18-21-24-27/h6-7,10,12H,2-5,8-9,11,13-25H2,1H3/b7-6-,12-10-. The molecule has 0 unspecified atom stereocenters. The van der Waals surface area contributed by atoms with Crippen LogP contribution in [0.1, 0.15) is 122 Å². The van der Waals surface area contributed by atoms with Crippen LogP contribution in [0.5, 0.6) is 0 Å². The van der Waals surface area contributed by atoms with Gasteiger partial charge in [0.05, 0.1) is 13.2 Å². The summed E-state index contributed by atoms with van der Waals surface area (Å²) in [5.41, 5.74) is 0. The van der Waals surface area contributed by atoms with Crippen molar-refractivity contribution in [1.82, 2.24) is 0 Å². The number of carbonyl (C=O) groups excluding carboxylic acids is 1. The zero-order valence-electron chi connectivity index (χ0n) is 19.2. The van der Waals surface area contributed by atoms with Gasteiger partial charge in [0.2, 0.25) is 0 Å². The van der Waals surface area contributed by atoms with Crippen LogP contribution in [0.4, 0.5) is 0 Å². The van der Waals surface area contributed by atoms with Crippen LogP contribution in [0.15, 0.2) is 24.3 Å². The number of esters is 1. The van der Waals surface area contributed by atoms with Crippen molar-refractivity contribution >= 4 is 5.97 Å². The van der Waals surface area contributed by atoms with Gasteiger partial charge < -0.3 is 4.74 Å². The Morgan fingerprint density at radius 1 is 0.655 bits per heavy atom. The number of allylic oxidation sites excluding steroid dienone is 4. The molecular weight excluding hydrogens is 360 g/mol. The Labute approximate surface area is 181 Å². The molecule has 1 radical (unpaired) electrons. The molecule has 0 saturated heterocycles. The molecule has 0 atom stereocenters. The van der Waals surface area contributed by atoms with E-state index in [-0.39, 0.29) is 12.6 Å². The lowest BCUT2D eigenvalue weighted by atomic mass is 10.1. The topological polar surface area (TPSA) is 46.2 Å². The SMILES string of the molecule is CCCCCCCCOC(=O)CCCCCCC/C=C\C/C=C\CCCCC[O]. The molecule has 3 heteroatoms. The fraction of sp³-hybridized carbons (Fsp3) is 0.808. The maximum atomic E-state index is 11.7. The van der Waals surface area contributed by atoms with Crippen molar-refractivity contribution in [2.24, 2.45) is 0 Å². The molecule has 0 spiro atoms. The molecule has 169 valence electrons. The van der Waals surface area contributed by atoms with Crippen LogP contribution < -0.4 is 0 Å². The fourth-order valence-electron chi connectivity index (χ4n) is 3.25. The third-order valence-electron chi connectivity index (χ3n) is 5.13. The van der Waals surface area contributed by atoms with Crippen molar-refractivity contribution in [2.45, 2.75) is 122 Å². The highest BCUT2D eigenvalue weighted by Gasteiger charge is 2.02. The molecule has 0 N–H and O–H groups in total. The van der Waals surface area contributed by atoms with Gasteiger partial charge in [0.15, 0.2) is 0 Å². The molecule has 0 heterocycles. The quantitative estimate of drug-likeness (QED) is 0.103. The molecule has 3 nitrogen and oxygen atoms in total. The molecule has 0 aliphatic heterocycles. The first-order chi connectivity index (χ1) is 14.3. The van der Waals surface area contributed by atoms with E-state index in [9.17, 15) is 9.90 Å². The fourth-order valence-corrected chi connectivity index (χ4v) is 3.25. The van der Waals surface area contributed by atoms with Gasteiger partial charge in [0.25, 0.3) is 0 Å². The largest absolute Gasteiger partial charge is 0.466 e. The lowest BCUT2D eigenvalue weighted by Crippen LogP contribution is -2.05. The van der Waals surface area contributed by atoms with E-state index in [1.54, 1.807) is 0 Å². The van der Waals surface area contributed by atoms with Crippen LogP contribution in [-0.4, -0.2) is 19.2 Å². The molecule has 0 bridgehead atoms. The van der Waals surface area contributed by atoms with E-state index in [1.807, 2.05) is 0 Å². The van der Waals surface area contributed by atoms with Gasteiger partial charge in [0.1, 0.15) is 0 Å². The minimum atomic E-state index is -0.0139. The van der Waals surface area contributed by atoms with E-state index in [4.69, 9.17) is 4.74 Å². The van der Waals surface area contributed by atoms with E-state index in [2.05, 4.69) is 31.2 Å². The molecule has 29 heavy (non-hydrogen) atoms. The molecule has 0 rings (SSSR count). The highest BCUT2D eigenvalue weighted by molar-refractivity contribution is 5.69. The zero-order valence-corrected chi connectivity index (χ0v) is 19.2. The average molecular weight is 408 g/mol. The number of rotatable bonds is 22. The molecule has 0 amide bonds.